The number of benzene rings is 1. The molecule has 0 unspecified atom stereocenters. The van der Waals surface area contributed by atoms with Gasteiger partial charge in [-0.3, -0.25) is 14.4 Å². The lowest BCUT2D eigenvalue weighted by molar-refractivity contribution is -0.142. The molecule has 1 aliphatic rings. The number of carbonyl (C=O) groups is 3. The number of thioether (sulfide) groups is 1. The smallest absolute Gasteiger partial charge is 0.234 e. The van der Waals surface area contributed by atoms with Crippen LogP contribution in [0.25, 0.3) is 0 Å². The highest BCUT2D eigenvalue weighted by Crippen LogP contribution is 2.25. The average Bonchev–Trinajstić information content (AvgIpc) is 2.55. The monoisotopic (exact) mass is 377 g/mol. The minimum absolute atomic E-state index is 0.127. The van der Waals surface area contributed by atoms with E-state index in [4.69, 9.17) is 0 Å². The van der Waals surface area contributed by atoms with Gasteiger partial charge in [-0.15, -0.1) is 11.8 Å². The van der Waals surface area contributed by atoms with Gasteiger partial charge in [0.05, 0.1) is 5.75 Å². The molecule has 0 radical (unpaired) electrons. The topological polar surface area (TPSA) is 78.5 Å². The van der Waals surface area contributed by atoms with Crippen molar-refractivity contribution >= 4 is 35.2 Å². The highest BCUT2D eigenvalue weighted by Gasteiger charge is 2.33. The van der Waals surface area contributed by atoms with Gasteiger partial charge in [0.15, 0.2) is 5.50 Å². The van der Waals surface area contributed by atoms with E-state index in [1.165, 1.54) is 11.8 Å². The first kappa shape index (κ1) is 20.3. The van der Waals surface area contributed by atoms with E-state index in [1.54, 1.807) is 4.90 Å². The maximum Gasteiger partial charge on any atom is 0.234 e. The van der Waals surface area contributed by atoms with Crippen LogP contribution in [0.3, 0.4) is 0 Å². The SMILES string of the molecule is CC(C)CN1C(=O)CC(=O)N[C@H]1SCC(=O)Nc1ccccc1C(C)C. The number of carbonyl (C=O) groups excluding carboxylic acids is 3. The molecule has 1 fully saturated rings. The van der Waals surface area contributed by atoms with Crippen LogP contribution in [0.4, 0.5) is 5.69 Å². The molecule has 1 atom stereocenters. The molecule has 0 aliphatic carbocycles. The summed E-state index contributed by atoms with van der Waals surface area (Å²) in [7, 11) is 0. The van der Waals surface area contributed by atoms with Crippen LogP contribution in [0.15, 0.2) is 24.3 Å². The lowest BCUT2D eigenvalue weighted by Gasteiger charge is -2.36. The average molecular weight is 378 g/mol. The van der Waals surface area contributed by atoms with Gasteiger partial charge in [0, 0.05) is 12.2 Å². The second-order valence-corrected chi connectivity index (χ2v) is 8.21. The Bertz CT molecular complexity index is 676. The number of hydrogen-bond acceptors (Lipinski definition) is 4. The Morgan fingerprint density at radius 1 is 1.27 bits per heavy atom. The fourth-order valence-electron chi connectivity index (χ4n) is 2.81. The molecule has 1 aliphatic heterocycles. The highest BCUT2D eigenvalue weighted by atomic mass is 32.2. The van der Waals surface area contributed by atoms with Crippen LogP contribution in [0, 0.1) is 5.92 Å². The Labute approximate surface area is 159 Å². The molecule has 7 heteroatoms. The van der Waals surface area contributed by atoms with Gasteiger partial charge in [-0.2, -0.15) is 0 Å². The van der Waals surface area contributed by atoms with Crippen molar-refractivity contribution in [3.63, 3.8) is 0 Å². The molecule has 142 valence electrons. The van der Waals surface area contributed by atoms with Gasteiger partial charge in [0.25, 0.3) is 0 Å². The van der Waals surface area contributed by atoms with Gasteiger partial charge in [0.1, 0.15) is 6.42 Å². The Balaban J connectivity index is 1.98. The summed E-state index contributed by atoms with van der Waals surface area (Å²) in [4.78, 5) is 37.9. The molecule has 26 heavy (non-hydrogen) atoms. The van der Waals surface area contributed by atoms with Gasteiger partial charge in [-0.05, 0) is 23.5 Å². The van der Waals surface area contributed by atoms with E-state index >= 15 is 0 Å². The summed E-state index contributed by atoms with van der Waals surface area (Å²) in [5, 5.41) is 5.73. The van der Waals surface area contributed by atoms with E-state index in [-0.39, 0.29) is 35.8 Å². The van der Waals surface area contributed by atoms with Crippen LogP contribution < -0.4 is 10.6 Å². The molecule has 6 nitrogen and oxygen atoms in total. The van der Waals surface area contributed by atoms with Gasteiger partial charge in [0.2, 0.25) is 17.7 Å². The quantitative estimate of drug-likeness (QED) is 0.716. The Kier molecular flexibility index (Phi) is 7.08. The highest BCUT2D eigenvalue weighted by molar-refractivity contribution is 8.00. The van der Waals surface area contributed by atoms with Crippen molar-refractivity contribution in [1.29, 1.82) is 0 Å². The number of nitrogens with zero attached hydrogens (tertiary/aromatic N) is 1. The molecule has 0 bridgehead atoms. The molecule has 0 aromatic heterocycles. The third-order valence-corrected chi connectivity index (χ3v) is 5.11. The van der Waals surface area contributed by atoms with E-state index in [9.17, 15) is 14.4 Å². The van der Waals surface area contributed by atoms with Crippen molar-refractivity contribution in [3.05, 3.63) is 29.8 Å². The van der Waals surface area contributed by atoms with Crippen LogP contribution in [0.1, 0.15) is 45.6 Å². The summed E-state index contributed by atoms with van der Waals surface area (Å²) in [6.07, 6.45) is -0.127. The summed E-state index contributed by atoms with van der Waals surface area (Å²) in [5.41, 5.74) is 1.38. The van der Waals surface area contributed by atoms with Crippen LogP contribution in [-0.4, -0.2) is 40.4 Å². The molecule has 1 aromatic carbocycles. The molecule has 2 N–H and O–H groups in total. The summed E-state index contributed by atoms with van der Waals surface area (Å²) < 4.78 is 0. The second kappa shape index (κ2) is 9.07. The molecule has 0 saturated carbocycles. The normalized spacial score (nSPS) is 17.6. The molecule has 2 rings (SSSR count). The maximum absolute atomic E-state index is 12.4. The summed E-state index contributed by atoms with van der Waals surface area (Å²) in [5.74, 6) is 0.0994. The largest absolute Gasteiger partial charge is 0.327 e. The van der Waals surface area contributed by atoms with Crippen molar-refractivity contribution < 1.29 is 14.4 Å². The predicted octanol–water partition coefficient (Wildman–Crippen LogP) is 2.77. The molecule has 1 saturated heterocycles. The van der Waals surface area contributed by atoms with Crippen LogP contribution in [0.2, 0.25) is 0 Å². The number of para-hydroxylation sites is 1. The van der Waals surface area contributed by atoms with Crippen molar-refractivity contribution in [2.45, 2.75) is 45.5 Å². The first-order chi connectivity index (χ1) is 12.3. The fraction of sp³-hybridized carbons (Fsp3) is 0.526. The number of anilines is 1. The van der Waals surface area contributed by atoms with E-state index < -0.39 is 5.50 Å². The van der Waals surface area contributed by atoms with E-state index in [0.717, 1.165) is 11.3 Å². The lowest BCUT2D eigenvalue weighted by Crippen LogP contribution is -2.56. The van der Waals surface area contributed by atoms with Crippen molar-refractivity contribution in [2.24, 2.45) is 5.92 Å². The molecule has 1 heterocycles. The predicted molar refractivity (Wildman–Crippen MR) is 105 cm³/mol. The molecule has 1 aromatic rings. The zero-order chi connectivity index (χ0) is 19.3. The van der Waals surface area contributed by atoms with E-state index in [2.05, 4.69) is 24.5 Å². The molecular formula is C19H27N3O3S. The van der Waals surface area contributed by atoms with Crippen LogP contribution in [-0.2, 0) is 14.4 Å². The van der Waals surface area contributed by atoms with Crippen LogP contribution in [0.5, 0.6) is 0 Å². The number of rotatable bonds is 7. The third kappa shape index (κ3) is 5.49. The second-order valence-electron chi connectivity index (χ2n) is 7.14. The lowest BCUT2D eigenvalue weighted by atomic mass is 10.0. The molecular weight excluding hydrogens is 350 g/mol. The summed E-state index contributed by atoms with van der Waals surface area (Å²) in [6, 6.07) is 7.72. The van der Waals surface area contributed by atoms with Gasteiger partial charge >= 0.3 is 0 Å². The van der Waals surface area contributed by atoms with Gasteiger partial charge < -0.3 is 15.5 Å². The van der Waals surface area contributed by atoms with Crippen molar-refractivity contribution in [3.8, 4) is 0 Å². The third-order valence-electron chi connectivity index (χ3n) is 3.99. The Morgan fingerprint density at radius 3 is 2.62 bits per heavy atom. The zero-order valence-corrected chi connectivity index (χ0v) is 16.6. The number of hydrogen-bond donors (Lipinski definition) is 2. The Morgan fingerprint density at radius 2 is 1.96 bits per heavy atom. The fourth-order valence-corrected chi connectivity index (χ4v) is 3.79. The Hall–Kier alpha value is -2.02. The maximum atomic E-state index is 12.4. The van der Waals surface area contributed by atoms with Gasteiger partial charge in [-0.25, -0.2) is 0 Å². The molecule has 0 spiro atoms. The zero-order valence-electron chi connectivity index (χ0n) is 15.7. The standard InChI is InChI=1S/C19H27N3O3S/c1-12(2)10-22-18(25)9-16(23)21-19(22)26-11-17(24)20-15-8-6-5-7-14(15)13(3)4/h5-8,12-13,19H,9-11H2,1-4H3,(H,20,24)(H,21,23)/t19-/m1/s1. The molecule has 3 amide bonds. The van der Waals surface area contributed by atoms with Gasteiger partial charge in [-0.1, -0.05) is 45.9 Å². The first-order valence-corrected chi connectivity index (χ1v) is 9.92. The van der Waals surface area contributed by atoms with E-state index in [1.807, 2.05) is 38.1 Å². The first-order valence-electron chi connectivity index (χ1n) is 8.87. The minimum Gasteiger partial charge on any atom is -0.327 e. The van der Waals surface area contributed by atoms with Crippen molar-refractivity contribution in [1.82, 2.24) is 10.2 Å². The van der Waals surface area contributed by atoms with Crippen LogP contribution >= 0.6 is 11.8 Å². The van der Waals surface area contributed by atoms with Crippen molar-refractivity contribution in [2.75, 3.05) is 17.6 Å². The number of amides is 3. The van der Waals surface area contributed by atoms with E-state index in [0.29, 0.717) is 12.5 Å². The summed E-state index contributed by atoms with van der Waals surface area (Å²) in [6.45, 7) is 8.73. The minimum atomic E-state index is -0.503. The number of nitrogens with one attached hydrogen (secondary N) is 2. The summed E-state index contributed by atoms with van der Waals surface area (Å²) >= 11 is 1.26.